The van der Waals surface area contributed by atoms with E-state index in [9.17, 15) is 18.0 Å². The lowest BCUT2D eigenvalue weighted by Crippen LogP contribution is -2.51. The standard InChI is InChI=1S/C24H33N3O5S/c1-7-21(24(29)25-4)26(15-19-9-8-10-20(14-19)32-5)23(28)16-27(33(6,30)31)22-12-11-17(2)13-18(22)3/h8-14,21H,7,15-16H2,1-6H3,(H,25,29)/t21-/m1/s1. The van der Waals surface area contributed by atoms with Gasteiger partial charge in [-0.25, -0.2) is 8.42 Å². The number of carbonyl (C=O) groups is 2. The Hall–Kier alpha value is -3.07. The molecule has 0 aliphatic rings. The average molecular weight is 476 g/mol. The van der Waals surface area contributed by atoms with Gasteiger partial charge >= 0.3 is 0 Å². The van der Waals surface area contributed by atoms with Crippen LogP contribution in [0, 0.1) is 13.8 Å². The zero-order valence-electron chi connectivity index (χ0n) is 20.1. The van der Waals surface area contributed by atoms with Gasteiger partial charge in [0.05, 0.1) is 19.1 Å². The first-order valence-electron chi connectivity index (χ1n) is 10.7. The monoisotopic (exact) mass is 475 g/mol. The Morgan fingerprint density at radius 1 is 1.12 bits per heavy atom. The van der Waals surface area contributed by atoms with E-state index in [0.29, 0.717) is 17.9 Å². The number of hydrogen-bond acceptors (Lipinski definition) is 5. The lowest BCUT2D eigenvalue weighted by molar-refractivity contribution is -0.140. The Kier molecular flexibility index (Phi) is 8.87. The van der Waals surface area contributed by atoms with Crippen molar-refractivity contribution < 1.29 is 22.7 Å². The zero-order chi connectivity index (χ0) is 24.8. The third kappa shape index (κ3) is 6.71. The van der Waals surface area contributed by atoms with E-state index >= 15 is 0 Å². The van der Waals surface area contributed by atoms with E-state index in [1.54, 1.807) is 44.4 Å². The van der Waals surface area contributed by atoms with Gasteiger partial charge in [-0.05, 0) is 49.6 Å². The number of sulfonamides is 1. The summed E-state index contributed by atoms with van der Waals surface area (Å²) in [5.74, 6) is -0.161. The van der Waals surface area contributed by atoms with Gasteiger partial charge in [0, 0.05) is 13.6 Å². The van der Waals surface area contributed by atoms with Gasteiger partial charge in [0.2, 0.25) is 21.8 Å². The molecule has 180 valence electrons. The highest BCUT2D eigenvalue weighted by atomic mass is 32.2. The Bertz CT molecular complexity index is 1100. The van der Waals surface area contributed by atoms with Gasteiger partial charge in [-0.3, -0.25) is 13.9 Å². The number of benzene rings is 2. The largest absolute Gasteiger partial charge is 0.497 e. The smallest absolute Gasteiger partial charge is 0.244 e. The minimum Gasteiger partial charge on any atom is -0.497 e. The number of aryl methyl sites for hydroxylation is 2. The molecule has 2 aromatic carbocycles. The first-order valence-corrected chi connectivity index (χ1v) is 12.6. The van der Waals surface area contributed by atoms with E-state index in [-0.39, 0.29) is 12.5 Å². The summed E-state index contributed by atoms with van der Waals surface area (Å²) in [6, 6.07) is 11.8. The van der Waals surface area contributed by atoms with Crippen LogP contribution in [0.3, 0.4) is 0 Å². The predicted octanol–water partition coefficient (Wildman–Crippen LogP) is 2.63. The van der Waals surface area contributed by atoms with Crippen LogP contribution in [0.2, 0.25) is 0 Å². The SMILES string of the molecule is CC[C@H](C(=O)NC)N(Cc1cccc(OC)c1)C(=O)CN(c1ccc(C)cc1C)S(C)(=O)=O. The Morgan fingerprint density at radius 2 is 1.82 bits per heavy atom. The molecular weight excluding hydrogens is 442 g/mol. The van der Waals surface area contributed by atoms with Crippen molar-refractivity contribution in [2.75, 3.05) is 31.3 Å². The second-order valence-corrected chi connectivity index (χ2v) is 9.88. The predicted molar refractivity (Wildman–Crippen MR) is 130 cm³/mol. The number of ether oxygens (including phenoxy) is 1. The first-order chi connectivity index (χ1) is 15.5. The third-order valence-corrected chi connectivity index (χ3v) is 6.55. The van der Waals surface area contributed by atoms with Crippen molar-refractivity contribution in [3.8, 4) is 5.75 Å². The van der Waals surface area contributed by atoms with Crippen molar-refractivity contribution in [1.29, 1.82) is 0 Å². The number of nitrogens with zero attached hydrogens (tertiary/aromatic N) is 2. The van der Waals surface area contributed by atoms with Crippen LogP contribution in [-0.4, -0.2) is 58.1 Å². The zero-order valence-corrected chi connectivity index (χ0v) is 20.9. The molecule has 0 heterocycles. The molecule has 8 nitrogen and oxygen atoms in total. The molecule has 1 atom stereocenters. The number of carbonyl (C=O) groups excluding carboxylic acids is 2. The quantitative estimate of drug-likeness (QED) is 0.570. The van der Waals surface area contributed by atoms with Gasteiger partial charge in [0.25, 0.3) is 0 Å². The summed E-state index contributed by atoms with van der Waals surface area (Å²) in [6.45, 7) is 5.24. The molecule has 0 unspecified atom stereocenters. The molecule has 0 aliphatic heterocycles. The molecule has 0 fully saturated rings. The van der Waals surface area contributed by atoms with E-state index in [1.165, 1.54) is 11.9 Å². The summed E-state index contributed by atoms with van der Waals surface area (Å²) >= 11 is 0. The maximum Gasteiger partial charge on any atom is 0.244 e. The molecule has 1 N–H and O–H groups in total. The van der Waals surface area contributed by atoms with E-state index in [1.807, 2.05) is 26.0 Å². The minimum absolute atomic E-state index is 0.131. The minimum atomic E-state index is -3.76. The van der Waals surface area contributed by atoms with Gasteiger partial charge in [-0.15, -0.1) is 0 Å². The molecule has 9 heteroatoms. The summed E-state index contributed by atoms with van der Waals surface area (Å²) < 4.78 is 31.7. The van der Waals surface area contributed by atoms with Crippen LogP contribution in [0.25, 0.3) is 0 Å². The van der Waals surface area contributed by atoms with Gasteiger partial charge in [-0.2, -0.15) is 0 Å². The molecule has 0 bridgehead atoms. The fourth-order valence-electron chi connectivity index (χ4n) is 3.73. The number of methoxy groups -OCH3 is 1. The highest BCUT2D eigenvalue weighted by Crippen LogP contribution is 2.25. The second-order valence-electron chi connectivity index (χ2n) is 7.97. The van der Waals surface area contributed by atoms with Crippen molar-refractivity contribution in [3.05, 3.63) is 59.2 Å². The molecule has 0 saturated heterocycles. The number of nitrogens with one attached hydrogen (secondary N) is 1. The normalized spacial score (nSPS) is 12.1. The van der Waals surface area contributed by atoms with E-state index < -0.39 is 28.5 Å². The summed E-state index contributed by atoms with van der Waals surface area (Å²) in [6.07, 6.45) is 1.44. The topological polar surface area (TPSA) is 96.0 Å². The molecule has 0 spiro atoms. The molecule has 2 amide bonds. The van der Waals surface area contributed by atoms with Crippen molar-refractivity contribution >= 4 is 27.5 Å². The van der Waals surface area contributed by atoms with Gasteiger partial charge < -0.3 is 15.0 Å². The number of likely N-dealkylation sites (N-methyl/N-ethyl adjacent to an activating group) is 1. The summed E-state index contributed by atoms with van der Waals surface area (Å²) in [4.78, 5) is 27.6. The highest BCUT2D eigenvalue weighted by Gasteiger charge is 2.31. The van der Waals surface area contributed by atoms with Crippen molar-refractivity contribution in [3.63, 3.8) is 0 Å². The van der Waals surface area contributed by atoms with Crippen LogP contribution < -0.4 is 14.4 Å². The molecule has 0 aliphatic carbocycles. The molecule has 0 radical (unpaired) electrons. The Labute approximate surface area is 196 Å². The summed E-state index contributed by atoms with van der Waals surface area (Å²) in [5.41, 5.74) is 2.93. The van der Waals surface area contributed by atoms with Crippen molar-refractivity contribution in [2.24, 2.45) is 0 Å². The summed E-state index contributed by atoms with van der Waals surface area (Å²) in [5, 5.41) is 2.60. The van der Waals surface area contributed by atoms with Crippen molar-refractivity contribution in [2.45, 2.75) is 39.8 Å². The van der Waals surface area contributed by atoms with E-state index in [0.717, 1.165) is 27.3 Å². The molecule has 0 saturated carbocycles. The molecule has 33 heavy (non-hydrogen) atoms. The van der Waals surface area contributed by atoms with Gasteiger partial charge in [-0.1, -0.05) is 36.8 Å². The average Bonchev–Trinajstić information content (AvgIpc) is 2.76. The van der Waals surface area contributed by atoms with E-state index in [4.69, 9.17) is 4.74 Å². The Balaban J connectivity index is 2.47. The van der Waals surface area contributed by atoms with Gasteiger partial charge in [0.1, 0.15) is 18.3 Å². The van der Waals surface area contributed by atoms with Crippen molar-refractivity contribution in [1.82, 2.24) is 10.2 Å². The van der Waals surface area contributed by atoms with Crippen LogP contribution in [-0.2, 0) is 26.2 Å². The number of amides is 2. The molecule has 0 aromatic heterocycles. The Morgan fingerprint density at radius 3 is 2.36 bits per heavy atom. The van der Waals surface area contributed by atoms with Crippen LogP contribution in [0.4, 0.5) is 5.69 Å². The van der Waals surface area contributed by atoms with Crippen LogP contribution in [0.15, 0.2) is 42.5 Å². The highest BCUT2D eigenvalue weighted by molar-refractivity contribution is 7.92. The lowest BCUT2D eigenvalue weighted by atomic mass is 10.1. The molecule has 2 aromatic rings. The number of rotatable bonds is 10. The fraction of sp³-hybridized carbons (Fsp3) is 0.417. The number of anilines is 1. The maximum atomic E-state index is 13.5. The van der Waals surface area contributed by atoms with Crippen LogP contribution in [0.5, 0.6) is 5.75 Å². The molecular formula is C24H33N3O5S. The van der Waals surface area contributed by atoms with Crippen LogP contribution in [0.1, 0.15) is 30.0 Å². The van der Waals surface area contributed by atoms with E-state index in [2.05, 4.69) is 5.32 Å². The summed E-state index contributed by atoms with van der Waals surface area (Å²) in [7, 11) is -0.696. The second kappa shape index (κ2) is 11.2. The first kappa shape index (κ1) is 26.2. The third-order valence-electron chi connectivity index (χ3n) is 5.42. The maximum absolute atomic E-state index is 13.5. The van der Waals surface area contributed by atoms with Crippen LogP contribution >= 0.6 is 0 Å². The fourth-order valence-corrected chi connectivity index (χ4v) is 4.64. The molecule has 2 rings (SSSR count). The van der Waals surface area contributed by atoms with Gasteiger partial charge in [0.15, 0.2) is 0 Å². The lowest BCUT2D eigenvalue weighted by Gasteiger charge is -2.33. The number of hydrogen-bond donors (Lipinski definition) is 1.